The summed E-state index contributed by atoms with van der Waals surface area (Å²) in [6.45, 7) is 3.89. The molecule has 3 nitrogen and oxygen atoms in total. The van der Waals surface area contributed by atoms with Crippen LogP contribution in [0.1, 0.15) is 23.5 Å². The summed E-state index contributed by atoms with van der Waals surface area (Å²) in [5.74, 6) is 0.845. The molecule has 16 heavy (non-hydrogen) atoms. The number of nitrogens with zero attached hydrogens (tertiary/aromatic N) is 1. The first-order valence-electron chi connectivity index (χ1n) is 5.93. The van der Waals surface area contributed by atoms with Gasteiger partial charge in [0.2, 0.25) is 0 Å². The van der Waals surface area contributed by atoms with Gasteiger partial charge in [0.25, 0.3) is 0 Å². The number of methoxy groups -OCH3 is 1. The van der Waals surface area contributed by atoms with E-state index in [2.05, 4.69) is 15.7 Å². The van der Waals surface area contributed by atoms with E-state index in [0.717, 1.165) is 31.2 Å². The Morgan fingerprint density at radius 3 is 3.00 bits per heavy atom. The zero-order chi connectivity index (χ0) is 11.4. The van der Waals surface area contributed by atoms with Crippen molar-refractivity contribution in [1.29, 1.82) is 0 Å². The lowest BCUT2D eigenvalue weighted by molar-refractivity contribution is 0.158. The Labute approximate surface area is 101 Å². The van der Waals surface area contributed by atoms with Crippen LogP contribution in [0, 0.1) is 12.8 Å². The minimum absolute atomic E-state index is 0.547. The van der Waals surface area contributed by atoms with Crippen LogP contribution in [0.5, 0.6) is 0 Å². The fraction of sp³-hybridized carbons (Fsp3) is 0.750. The Kier molecular flexibility index (Phi) is 4.32. The normalized spacial score (nSPS) is 17.6. The Balaban J connectivity index is 1.69. The first kappa shape index (κ1) is 12.0. The van der Waals surface area contributed by atoms with Gasteiger partial charge in [0.1, 0.15) is 0 Å². The predicted octanol–water partition coefficient (Wildman–Crippen LogP) is 2.01. The quantitative estimate of drug-likeness (QED) is 0.791. The molecule has 0 radical (unpaired) electrons. The van der Waals surface area contributed by atoms with E-state index < -0.39 is 0 Å². The maximum absolute atomic E-state index is 5.24. The van der Waals surface area contributed by atoms with Crippen LogP contribution in [0.15, 0.2) is 5.38 Å². The van der Waals surface area contributed by atoms with E-state index in [1.165, 1.54) is 17.8 Å². The van der Waals surface area contributed by atoms with Crippen molar-refractivity contribution in [3.05, 3.63) is 16.1 Å². The third-order valence-corrected chi connectivity index (χ3v) is 3.98. The van der Waals surface area contributed by atoms with E-state index in [1.807, 2.05) is 6.92 Å². The SMILES string of the molecule is COCC(NCCc1nc(C)cs1)C1CC1. The van der Waals surface area contributed by atoms with Crippen molar-refractivity contribution in [2.45, 2.75) is 32.2 Å². The van der Waals surface area contributed by atoms with Gasteiger partial charge >= 0.3 is 0 Å². The zero-order valence-corrected chi connectivity index (χ0v) is 10.8. The Bertz CT molecular complexity index is 323. The third-order valence-electron chi connectivity index (χ3n) is 2.95. The van der Waals surface area contributed by atoms with Crippen LogP contribution < -0.4 is 5.32 Å². The zero-order valence-electron chi connectivity index (χ0n) is 10.0. The average Bonchev–Trinajstić information content (AvgIpc) is 3.02. The molecular weight excluding hydrogens is 220 g/mol. The summed E-state index contributed by atoms with van der Waals surface area (Å²) >= 11 is 1.76. The van der Waals surface area contributed by atoms with E-state index in [9.17, 15) is 0 Å². The second-order valence-corrected chi connectivity index (χ2v) is 5.43. The largest absolute Gasteiger partial charge is 0.383 e. The molecule has 0 amide bonds. The minimum atomic E-state index is 0.547. The van der Waals surface area contributed by atoms with E-state index >= 15 is 0 Å². The molecule has 0 bridgehead atoms. The van der Waals surface area contributed by atoms with Crippen LogP contribution >= 0.6 is 11.3 Å². The van der Waals surface area contributed by atoms with Crippen LogP contribution in [-0.4, -0.2) is 31.3 Å². The van der Waals surface area contributed by atoms with Gasteiger partial charge in [-0.1, -0.05) is 0 Å². The van der Waals surface area contributed by atoms with Crippen molar-refractivity contribution in [2.75, 3.05) is 20.3 Å². The lowest BCUT2D eigenvalue weighted by Gasteiger charge is -2.16. The molecule has 1 N–H and O–H groups in total. The number of thiazole rings is 1. The monoisotopic (exact) mass is 240 g/mol. The summed E-state index contributed by atoms with van der Waals surface area (Å²) in [4.78, 5) is 4.46. The van der Waals surface area contributed by atoms with Gasteiger partial charge in [-0.2, -0.15) is 0 Å². The standard InChI is InChI=1S/C12H20N2OS/c1-9-8-16-12(14-9)5-6-13-11(7-15-2)10-3-4-10/h8,10-11,13H,3-7H2,1-2H3. The molecule has 1 heterocycles. The molecule has 1 aromatic heterocycles. The summed E-state index contributed by atoms with van der Waals surface area (Å²) in [7, 11) is 1.78. The lowest BCUT2D eigenvalue weighted by atomic mass is 10.2. The number of aromatic nitrogens is 1. The molecule has 4 heteroatoms. The second kappa shape index (κ2) is 5.75. The van der Waals surface area contributed by atoms with Gasteiger partial charge in [-0.25, -0.2) is 4.98 Å². The Hall–Kier alpha value is -0.450. The van der Waals surface area contributed by atoms with Gasteiger partial charge in [-0.15, -0.1) is 11.3 Å². The highest BCUT2D eigenvalue weighted by atomic mass is 32.1. The topological polar surface area (TPSA) is 34.1 Å². The van der Waals surface area contributed by atoms with E-state index in [4.69, 9.17) is 4.74 Å². The van der Waals surface area contributed by atoms with E-state index in [1.54, 1.807) is 18.4 Å². The van der Waals surface area contributed by atoms with E-state index in [0.29, 0.717) is 6.04 Å². The van der Waals surface area contributed by atoms with Crippen LogP contribution in [0.2, 0.25) is 0 Å². The number of rotatable bonds is 7. The molecule has 0 aliphatic heterocycles. The third kappa shape index (κ3) is 3.54. The van der Waals surface area contributed by atoms with Crippen molar-refractivity contribution in [2.24, 2.45) is 5.92 Å². The number of ether oxygens (including phenoxy) is 1. The summed E-state index contributed by atoms with van der Waals surface area (Å²) in [5.41, 5.74) is 1.13. The molecule has 90 valence electrons. The molecule has 2 rings (SSSR count). The van der Waals surface area contributed by atoms with Gasteiger partial charge in [-0.3, -0.25) is 0 Å². The fourth-order valence-electron chi connectivity index (χ4n) is 1.92. The summed E-state index contributed by atoms with van der Waals surface area (Å²) in [6.07, 6.45) is 3.75. The highest BCUT2D eigenvalue weighted by Crippen LogP contribution is 2.32. The van der Waals surface area contributed by atoms with Crippen LogP contribution in [-0.2, 0) is 11.2 Å². The van der Waals surface area contributed by atoms with Gasteiger partial charge < -0.3 is 10.1 Å². The molecule has 1 fully saturated rings. The van der Waals surface area contributed by atoms with Crippen molar-refractivity contribution in [1.82, 2.24) is 10.3 Å². The molecule has 1 saturated carbocycles. The molecule has 1 aliphatic rings. The summed E-state index contributed by atoms with van der Waals surface area (Å²) < 4.78 is 5.24. The van der Waals surface area contributed by atoms with Gasteiger partial charge in [-0.05, 0) is 25.7 Å². The lowest BCUT2D eigenvalue weighted by Crippen LogP contribution is -2.36. The van der Waals surface area contributed by atoms with Gasteiger partial charge in [0.15, 0.2) is 0 Å². The van der Waals surface area contributed by atoms with Crippen molar-refractivity contribution < 1.29 is 4.74 Å². The minimum Gasteiger partial charge on any atom is -0.383 e. The maximum Gasteiger partial charge on any atom is 0.0940 e. The fourth-order valence-corrected chi connectivity index (χ4v) is 2.70. The van der Waals surface area contributed by atoms with Crippen molar-refractivity contribution in [3.8, 4) is 0 Å². The van der Waals surface area contributed by atoms with Crippen LogP contribution in [0.3, 0.4) is 0 Å². The second-order valence-electron chi connectivity index (χ2n) is 4.49. The maximum atomic E-state index is 5.24. The van der Waals surface area contributed by atoms with E-state index in [-0.39, 0.29) is 0 Å². The van der Waals surface area contributed by atoms with Gasteiger partial charge in [0, 0.05) is 37.2 Å². The number of hydrogen-bond acceptors (Lipinski definition) is 4. The molecule has 0 spiro atoms. The Morgan fingerprint density at radius 1 is 1.62 bits per heavy atom. The Morgan fingerprint density at radius 2 is 2.44 bits per heavy atom. The first-order chi connectivity index (χ1) is 7.79. The first-order valence-corrected chi connectivity index (χ1v) is 6.81. The number of nitrogens with one attached hydrogen (secondary N) is 1. The molecular formula is C12H20N2OS. The molecule has 0 saturated heterocycles. The summed E-state index contributed by atoms with van der Waals surface area (Å²) in [5, 5.41) is 6.93. The number of hydrogen-bond donors (Lipinski definition) is 1. The predicted molar refractivity (Wildman–Crippen MR) is 66.9 cm³/mol. The summed E-state index contributed by atoms with van der Waals surface area (Å²) in [6, 6.07) is 0.547. The van der Waals surface area contributed by atoms with Crippen molar-refractivity contribution >= 4 is 11.3 Å². The van der Waals surface area contributed by atoms with Crippen LogP contribution in [0.25, 0.3) is 0 Å². The smallest absolute Gasteiger partial charge is 0.0940 e. The molecule has 1 aliphatic carbocycles. The average molecular weight is 240 g/mol. The molecule has 1 unspecified atom stereocenters. The van der Waals surface area contributed by atoms with Gasteiger partial charge in [0.05, 0.1) is 11.6 Å². The van der Waals surface area contributed by atoms with Crippen molar-refractivity contribution in [3.63, 3.8) is 0 Å². The number of aryl methyl sites for hydroxylation is 1. The highest BCUT2D eigenvalue weighted by Gasteiger charge is 2.30. The highest BCUT2D eigenvalue weighted by molar-refractivity contribution is 7.09. The molecule has 0 aromatic carbocycles. The molecule has 1 aromatic rings. The van der Waals surface area contributed by atoms with Crippen LogP contribution in [0.4, 0.5) is 0 Å². The molecule has 1 atom stereocenters.